The zero-order valence-electron chi connectivity index (χ0n) is 9.69. The van der Waals surface area contributed by atoms with Gasteiger partial charge in [0.25, 0.3) is 5.91 Å². The van der Waals surface area contributed by atoms with E-state index in [1.807, 2.05) is 0 Å². The van der Waals surface area contributed by atoms with Crippen molar-refractivity contribution in [3.05, 3.63) is 48.5 Å². The molecule has 0 fully saturated rings. The van der Waals surface area contributed by atoms with Crippen LogP contribution in [0.25, 0.3) is 5.69 Å². The van der Waals surface area contributed by atoms with E-state index in [1.54, 1.807) is 36.7 Å². The van der Waals surface area contributed by atoms with E-state index < -0.39 is 0 Å². The van der Waals surface area contributed by atoms with Crippen LogP contribution in [0.4, 0.5) is 5.95 Å². The third-order valence-corrected chi connectivity index (χ3v) is 2.47. The molecule has 19 heavy (non-hydrogen) atoms. The molecule has 0 saturated heterocycles. The van der Waals surface area contributed by atoms with Crippen molar-refractivity contribution in [3.63, 3.8) is 0 Å². The maximum atomic E-state index is 11.9. The molecule has 0 aliphatic carbocycles. The van der Waals surface area contributed by atoms with Gasteiger partial charge >= 0.3 is 0 Å². The van der Waals surface area contributed by atoms with Gasteiger partial charge in [-0.3, -0.25) is 10.1 Å². The van der Waals surface area contributed by atoms with Crippen LogP contribution in [0.3, 0.4) is 0 Å². The van der Waals surface area contributed by atoms with Crippen LogP contribution in [-0.4, -0.2) is 36.1 Å². The van der Waals surface area contributed by atoms with Gasteiger partial charge in [0.2, 0.25) is 5.95 Å². The number of anilines is 1. The van der Waals surface area contributed by atoms with Crippen molar-refractivity contribution in [1.29, 1.82) is 0 Å². The molecule has 0 aliphatic heterocycles. The summed E-state index contributed by atoms with van der Waals surface area (Å²) in [5.41, 5.74) is 1.30. The van der Waals surface area contributed by atoms with E-state index in [9.17, 15) is 4.79 Å². The zero-order valence-corrected chi connectivity index (χ0v) is 9.69. The van der Waals surface area contributed by atoms with E-state index in [-0.39, 0.29) is 5.91 Å². The fraction of sp³-hybridized carbons (Fsp3) is 0. The molecule has 0 spiro atoms. The van der Waals surface area contributed by atoms with Crippen LogP contribution in [0.2, 0.25) is 0 Å². The van der Waals surface area contributed by atoms with Gasteiger partial charge in [0, 0.05) is 18.0 Å². The summed E-state index contributed by atoms with van der Waals surface area (Å²) < 4.78 is 1.51. The van der Waals surface area contributed by atoms with Crippen molar-refractivity contribution in [2.45, 2.75) is 0 Å². The van der Waals surface area contributed by atoms with Crippen LogP contribution < -0.4 is 5.32 Å². The topological polar surface area (TPSA) is 101 Å². The quantitative estimate of drug-likeness (QED) is 0.715. The second-order valence-corrected chi connectivity index (χ2v) is 3.69. The molecular weight excluding hydrogens is 246 g/mol. The van der Waals surface area contributed by atoms with Gasteiger partial charge in [-0.05, 0) is 34.7 Å². The lowest BCUT2D eigenvalue weighted by Gasteiger charge is -2.03. The fourth-order valence-corrected chi connectivity index (χ4v) is 1.56. The molecule has 0 aliphatic rings. The number of rotatable bonds is 3. The van der Waals surface area contributed by atoms with Crippen LogP contribution in [0, 0.1) is 0 Å². The van der Waals surface area contributed by atoms with E-state index in [0.717, 1.165) is 5.69 Å². The second kappa shape index (κ2) is 4.69. The minimum atomic E-state index is -0.238. The van der Waals surface area contributed by atoms with E-state index in [2.05, 4.69) is 30.8 Å². The zero-order chi connectivity index (χ0) is 13.1. The molecule has 0 bridgehead atoms. The normalized spacial score (nSPS) is 10.3. The van der Waals surface area contributed by atoms with Crippen LogP contribution >= 0.6 is 0 Å². The maximum Gasteiger partial charge on any atom is 0.257 e. The highest BCUT2D eigenvalue weighted by atomic mass is 16.1. The number of nitrogens with one attached hydrogen (secondary N) is 2. The number of tetrazole rings is 1. The summed E-state index contributed by atoms with van der Waals surface area (Å²) in [7, 11) is 0. The highest BCUT2D eigenvalue weighted by Gasteiger charge is 2.07. The lowest BCUT2D eigenvalue weighted by molar-refractivity contribution is 0.102. The van der Waals surface area contributed by atoms with Gasteiger partial charge in [-0.15, -0.1) is 5.10 Å². The molecule has 8 heteroatoms. The molecule has 0 radical (unpaired) electrons. The van der Waals surface area contributed by atoms with Crippen molar-refractivity contribution < 1.29 is 4.79 Å². The summed E-state index contributed by atoms with van der Waals surface area (Å²) in [4.78, 5) is 18.6. The Kier molecular flexibility index (Phi) is 2.73. The standard InChI is InChI=1S/C11H9N7O/c19-10(15-11-12-5-6-13-11)8-1-3-9(4-2-8)18-7-14-16-17-18/h1-7H,(H2,12,13,15,19). The predicted octanol–water partition coefficient (Wildman–Crippen LogP) is 0.638. The van der Waals surface area contributed by atoms with Crippen LogP contribution in [0.15, 0.2) is 43.0 Å². The first-order valence-corrected chi connectivity index (χ1v) is 5.47. The number of benzene rings is 1. The Hall–Kier alpha value is -3.03. The number of aromatic amines is 1. The highest BCUT2D eigenvalue weighted by molar-refractivity contribution is 6.03. The number of amides is 1. The van der Waals surface area contributed by atoms with Gasteiger partial charge in [-0.1, -0.05) is 0 Å². The average Bonchev–Trinajstić information content (AvgIpc) is 3.12. The number of carbonyl (C=O) groups excluding carboxylic acids is 1. The summed E-state index contributed by atoms with van der Waals surface area (Å²) >= 11 is 0. The summed E-state index contributed by atoms with van der Waals surface area (Å²) in [6.45, 7) is 0. The Morgan fingerprint density at radius 1 is 1.26 bits per heavy atom. The monoisotopic (exact) mass is 255 g/mol. The van der Waals surface area contributed by atoms with Gasteiger partial charge in [0.15, 0.2) is 0 Å². The molecule has 2 aromatic heterocycles. The molecule has 2 heterocycles. The lowest BCUT2D eigenvalue weighted by Crippen LogP contribution is -2.12. The Balaban J connectivity index is 1.77. The molecule has 1 amide bonds. The fourth-order valence-electron chi connectivity index (χ4n) is 1.56. The largest absolute Gasteiger partial charge is 0.331 e. The maximum absolute atomic E-state index is 11.9. The number of H-pyrrole nitrogens is 1. The molecule has 0 saturated carbocycles. The van der Waals surface area contributed by atoms with Crippen LogP contribution in [-0.2, 0) is 0 Å². The molecule has 3 aromatic rings. The van der Waals surface area contributed by atoms with Gasteiger partial charge in [0.05, 0.1) is 5.69 Å². The Morgan fingerprint density at radius 2 is 2.11 bits per heavy atom. The first-order chi connectivity index (χ1) is 9.33. The van der Waals surface area contributed by atoms with Crippen molar-refractivity contribution in [2.24, 2.45) is 0 Å². The van der Waals surface area contributed by atoms with Crippen molar-refractivity contribution >= 4 is 11.9 Å². The van der Waals surface area contributed by atoms with Gasteiger partial charge < -0.3 is 4.98 Å². The number of aromatic nitrogens is 6. The van der Waals surface area contributed by atoms with Gasteiger partial charge in [-0.2, -0.15) is 0 Å². The summed E-state index contributed by atoms with van der Waals surface area (Å²) in [5.74, 6) is 0.174. The number of carbonyl (C=O) groups is 1. The summed E-state index contributed by atoms with van der Waals surface area (Å²) in [6.07, 6.45) is 4.69. The molecule has 8 nitrogen and oxygen atoms in total. The highest BCUT2D eigenvalue weighted by Crippen LogP contribution is 2.09. The SMILES string of the molecule is O=C(Nc1ncc[nH]1)c1ccc(-n2cnnn2)cc1. The average molecular weight is 255 g/mol. The molecule has 3 rings (SSSR count). The molecule has 1 aromatic carbocycles. The Bertz CT molecular complexity index is 658. The number of nitrogens with zero attached hydrogens (tertiary/aromatic N) is 5. The first-order valence-electron chi connectivity index (χ1n) is 5.47. The third-order valence-electron chi connectivity index (χ3n) is 2.47. The Labute approximate surface area is 107 Å². The second-order valence-electron chi connectivity index (χ2n) is 3.69. The third kappa shape index (κ3) is 2.32. The van der Waals surface area contributed by atoms with Crippen molar-refractivity contribution in [1.82, 2.24) is 30.2 Å². The summed E-state index contributed by atoms with van der Waals surface area (Å²) in [6, 6.07) is 6.89. The van der Waals surface area contributed by atoms with Crippen molar-refractivity contribution in [2.75, 3.05) is 5.32 Å². The number of imidazole rings is 1. The van der Waals surface area contributed by atoms with Gasteiger partial charge in [-0.25, -0.2) is 9.67 Å². The van der Waals surface area contributed by atoms with Gasteiger partial charge in [0.1, 0.15) is 6.33 Å². The van der Waals surface area contributed by atoms with E-state index in [4.69, 9.17) is 0 Å². The molecule has 94 valence electrons. The number of hydrogen-bond donors (Lipinski definition) is 2. The molecule has 0 atom stereocenters. The minimum absolute atomic E-state index is 0.238. The van der Waals surface area contributed by atoms with E-state index in [0.29, 0.717) is 11.5 Å². The lowest BCUT2D eigenvalue weighted by atomic mass is 10.2. The number of hydrogen-bond acceptors (Lipinski definition) is 5. The smallest absolute Gasteiger partial charge is 0.257 e. The van der Waals surface area contributed by atoms with Crippen molar-refractivity contribution in [3.8, 4) is 5.69 Å². The molecule has 0 unspecified atom stereocenters. The first kappa shape index (κ1) is 11.1. The van der Waals surface area contributed by atoms with Crippen LogP contribution in [0.5, 0.6) is 0 Å². The Morgan fingerprint density at radius 3 is 2.74 bits per heavy atom. The van der Waals surface area contributed by atoms with E-state index in [1.165, 1.54) is 11.0 Å². The minimum Gasteiger partial charge on any atom is -0.331 e. The molecular formula is C11H9N7O. The molecule has 2 N–H and O–H groups in total. The van der Waals surface area contributed by atoms with E-state index >= 15 is 0 Å². The predicted molar refractivity (Wildman–Crippen MR) is 65.7 cm³/mol. The van der Waals surface area contributed by atoms with Crippen LogP contribution in [0.1, 0.15) is 10.4 Å². The summed E-state index contributed by atoms with van der Waals surface area (Å²) in [5, 5.41) is 13.5.